The summed E-state index contributed by atoms with van der Waals surface area (Å²) in [6.07, 6.45) is 0.509. The molecule has 0 fully saturated rings. The maximum atomic E-state index is 8.65. The predicted octanol–water partition coefficient (Wildman–Crippen LogP) is 1.97. The van der Waals surface area contributed by atoms with Crippen LogP contribution in [-0.4, -0.2) is 31.5 Å². The molecule has 1 aromatic rings. The van der Waals surface area contributed by atoms with E-state index in [0.29, 0.717) is 26.2 Å². The Balaban J connectivity index is 2.38. The molecule has 3 heteroatoms. The third kappa shape index (κ3) is 6.41. The van der Waals surface area contributed by atoms with Gasteiger partial charge in [0, 0.05) is 18.6 Å². The Morgan fingerprint density at radius 3 is 2.83 bits per heavy atom. The minimum absolute atomic E-state index is 0.104. The Hall–Kier alpha value is -1.34. The second-order valence-electron chi connectivity index (χ2n) is 3.73. The first kappa shape index (κ1) is 14.7. The van der Waals surface area contributed by atoms with Crippen LogP contribution in [0.25, 0.3) is 0 Å². The Morgan fingerprint density at radius 2 is 2.06 bits per heavy atom. The lowest BCUT2D eigenvalue weighted by Gasteiger charge is -2.04. The molecule has 0 saturated heterocycles. The number of aliphatic hydroxyl groups excluding tert-OH is 1. The van der Waals surface area contributed by atoms with Gasteiger partial charge in [-0.2, -0.15) is 0 Å². The minimum Gasteiger partial charge on any atom is -0.395 e. The summed E-state index contributed by atoms with van der Waals surface area (Å²) in [5, 5.41) is 8.65. The standard InChI is InChI=1S/C15H20O3/c1-2-17-10-11-18-13-15-8-5-7-14(12-15)6-3-4-9-16/h5,7-8,12,16H,2,4,9-11,13H2,1H3. The highest BCUT2D eigenvalue weighted by molar-refractivity contribution is 5.36. The van der Waals surface area contributed by atoms with Crippen molar-refractivity contribution in [3.63, 3.8) is 0 Å². The minimum atomic E-state index is 0.104. The molecule has 0 bridgehead atoms. The molecule has 1 aromatic carbocycles. The van der Waals surface area contributed by atoms with Crippen molar-refractivity contribution in [3.8, 4) is 11.8 Å². The van der Waals surface area contributed by atoms with Crippen LogP contribution in [0.4, 0.5) is 0 Å². The molecule has 0 aliphatic heterocycles. The van der Waals surface area contributed by atoms with Gasteiger partial charge in [-0.05, 0) is 24.6 Å². The number of aliphatic hydroxyl groups is 1. The molecule has 0 radical (unpaired) electrons. The molecule has 3 nitrogen and oxygen atoms in total. The van der Waals surface area contributed by atoms with Gasteiger partial charge in [0.25, 0.3) is 0 Å². The smallest absolute Gasteiger partial charge is 0.0718 e. The van der Waals surface area contributed by atoms with Crippen molar-refractivity contribution in [2.45, 2.75) is 20.0 Å². The van der Waals surface area contributed by atoms with Crippen LogP contribution in [0.3, 0.4) is 0 Å². The molecule has 18 heavy (non-hydrogen) atoms. The Morgan fingerprint density at radius 1 is 1.22 bits per heavy atom. The number of benzene rings is 1. The molecule has 0 aromatic heterocycles. The van der Waals surface area contributed by atoms with E-state index in [1.165, 1.54) is 0 Å². The summed E-state index contributed by atoms with van der Waals surface area (Å²) in [6.45, 7) is 4.60. The van der Waals surface area contributed by atoms with Gasteiger partial charge in [-0.25, -0.2) is 0 Å². The summed E-state index contributed by atoms with van der Waals surface area (Å²) < 4.78 is 10.7. The first-order valence-electron chi connectivity index (χ1n) is 6.21. The first-order chi connectivity index (χ1) is 8.86. The Bertz CT molecular complexity index is 390. The molecular formula is C15H20O3. The summed E-state index contributed by atoms with van der Waals surface area (Å²) in [5.41, 5.74) is 2.05. The van der Waals surface area contributed by atoms with E-state index in [-0.39, 0.29) is 6.61 Å². The summed E-state index contributed by atoms with van der Waals surface area (Å²) in [4.78, 5) is 0. The van der Waals surface area contributed by atoms with E-state index in [1.807, 2.05) is 31.2 Å². The lowest BCUT2D eigenvalue weighted by atomic mass is 10.1. The summed E-state index contributed by atoms with van der Waals surface area (Å²) in [7, 11) is 0. The number of hydrogen-bond acceptors (Lipinski definition) is 3. The van der Waals surface area contributed by atoms with Gasteiger partial charge in [0.2, 0.25) is 0 Å². The fourth-order valence-electron chi connectivity index (χ4n) is 1.41. The molecule has 0 aliphatic rings. The third-order valence-electron chi connectivity index (χ3n) is 2.24. The molecule has 0 unspecified atom stereocenters. The fraction of sp³-hybridized carbons (Fsp3) is 0.467. The molecule has 0 spiro atoms. The zero-order valence-electron chi connectivity index (χ0n) is 10.8. The van der Waals surface area contributed by atoms with Gasteiger partial charge >= 0.3 is 0 Å². The quantitative estimate of drug-likeness (QED) is 0.592. The SMILES string of the molecule is CCOCCOCc1cccc(C#CCCO)c1. The second kappa shape index (κ2) is 9.67. The molecule has 0 aliphatic carbocycles. The van der Waals surface area contributed by atoms with Crippen molar-refractivity contribution in [3.05, 3.63) is 35.4 Å². The maximum Gasteiger partial charge on any atom is 0.0718 e. The topological polar surface area (TPSA) is 38.7 Å². The lowest BCUT2D eigenvalue weighted by molar-refractivity contribution is 0.0453. The number of hydrogen-bond donors (Lipinski definition) is 1. The zero-order chi connectivity index (χ0) is 13.1. The van der Waals surface area contributed by atoms with Crippen LogP contribution in [-0.2, 0) is 16.1 Å². The van der Waals surface area contributed by atoms with Crippen LogP contribution >= 0.6 is 0 Å². The van der Waals surface area contributed by atoms with E-state index >= 15 is 0 Å². The van der Waals surface area contributed by atoms with Crippen molar-refractivity contribution < 1.29 is 14.6 Å². The molecule has 1 rings (SSSR count). The summed E-state index contributed by atoms with van der Waals surface area (Å²) in [6, 6.07) is 7.93. The van der Waals surface area contributed by atoms with E-state index in [0.717, 1.165) is 17.7 Å². The first-order valence-corrected chi connectivity index (χ1v) is 6.21. The van der Waals surface area contributed by atoms with Crippen LogP contribution in [0.2, 0.25) is 0 Å². The van der Waals surface area contributed by atoms with Gasteiger partial charge in [-0.15, -0.1) is 0 Å². The average Bonchev–Trinajstić information content (AvgIpc) is 2.39. The fourth-order valence-corrected chi connectivity index (χ4v) is 1.41. The summed E-state index contributed by atoms with van der Waals surface area (Å²) in [5.74, 6) is 5.91. The van der Waals surface area contributed by atoms with Crippen molar-refractivity contribution in [1.82, 2.24) is 0 Å². The maximum absolute atomic E-state index is 8.65. The largest absolute Gasteiger partial charge is 0.395 e. The highest BCUT2D eigenvalue weighted by Crippen LogP contribution is 2.05. The number of ether oxygens (including phenoxy) is 2. The van der Waals surface area contributed by atoms with Gasteiger partial charge in [0.05, 0.1) is 26.4 Å². The van der Waals surface area contributed by atoms with E-state index in [1.54, 1.807) is 0 Å². The Kier molecular flexibility index (Phi) is 7.90. The van der Waals surface area contributed by atoms with E-state index in [2.05, 4.69) is 11.8 Å². The lowest BCUT2D eigenvalue weighted by Crippen LogP contribution is -2.03. The van der Waals surface area contributed by atoms with Crippen LogP contribution in [0.15, 0.2) is 24.3 Å². The van der Waals surface area contributed by atoms with Gasteiger partial charge in [-0.1, -0.05) is 24.0 Å². The van der Waals surface area contributed by atoms with Crippen LogP contribution in [0.1, 0.15) is 24.5 Å². The summed E-state index contributed by atoms with van der Waals surface area (Å²) >= 11 is 0. The van der Waals surface area contributed by atoms with Gasteiger partial charge in [-0.3, -0.25) is 0 Å². The molecule has 0 amide bonds. The highest BCUT2D eigenvalue weighted by atomic mass is 16.5. The van der Waals surface area contributed by atoms with Gasteiger partial charge in [0.15, 0.2) is 0 Å². The van der Waals surface area contributed by atoms with E-state index in [9.17, 15) is 0 Å². The second-order valence-corrected chi connectivity index (χ2v) is 3.73. The van der Waals surface area contributed by atoms with E-state index in [4.69, 9.17) is 14.6 Å². The van der Waals surface area contributed by atoms with E-state index < -0.39 is 0 Å². The molecule has 0 heterocycles. The molecule has 1 N–H and O–H groups in total. The van der Waals surface area contributed by atoms with Crippen molar-refractivity contribution in [2.24, 2.45) is 0 Å². The van der Waals surface area contributed by atoms with Crippen LogP contribution in [0.5, 0.6) is 0 Å². The highest BCUT2D eigenvalue weighted by Gasteiger charge is 1.94. The number of rotatable bonds is 7. The van der Waals surface area contributed by atoms with Crippen LogP contribution in [0, 0.1) is 11.8 Å². The monoisotopic (exact) mass is 248 g/mol. The predicted molar refractivity (Wildman–Crippen MR) is 71.2 cm³/mol. The normalized spacial score (nSPS) is 9.89. The Labute approximate surface area is 109 Å². The average molecular weight is 248 g/mol. The van der Waals surface area contributed by atoms with Crippen molar-refractivity contribution in [1.29, 1.82) is 0 Å². The zero-order valence-corrected chi connectivity index (χ0v) is 10.8. The van der Waals surface area contributed by atoms with Crippen LogP contribution < -0.4 is 0 Å². The molecular weight excluding hydrogens is 228 g/mol. The van der Waals surface area contributed by atoms with Gasteiger partial charge in [0.1, 0.15) is 0 Å². The third-order valence-corrected chi connectivity index (χ3v) is 2.24. The molecule has 0 atom stereocenters. The van der Waals surface area contributed by atoms with Crippen molar-refractivity contribution >= 4 is 0 Å². The molecule has 0 saturated carbocycles. The molecule has 98 valence electrons. The van der Waals surface area contributed by atoms with Gasteiger partial charge < -0.3 is 14.6 Å². The van der Waals surface area contributed by atoms with Crippen molar-refractivity contribution in [2.75, 3.05) is 26.4 Å².